The van der Waals surface area contributed by atoms with Crippen molar-refractivity contribution >= 4 is 6.03 Å². The van der Waals surface area contributed by atoms with Crippen LogP contribution in [-0.2, 0) is 9.47 Å². The third kappa shape index (κ3) is 4.59. The minimum Gasteiger partial charge on any atom is -0.483 e. The molecule has 4 atom stereocenters. The van der Waals surface area contributed by atoms with Gasteiger partial charge in [0, 0.05) is 12.2 Å². The molecular weight excluding hydrogens is 406 g/mol. The zero-order chi connectivity index (χ0) is 21.9. The van der Waals surface area contributed by atoms with E-state index in [1.807, 2.05) is 19.1 Å². The van der Waals surface area contributed by atoms with E-state index in [0.717, 1.165) is 37.1 Å². The molecule has 1 aromatic carbocycles. The van der Waals surface area contributed by atoms with Gasteiger partial charge in [-0.1, -0.05) is 30.3 Å². The van der Waals surface area contributed by atoms with Gasteiger partial charge < -0.3 is 24.8 Å². The Kier molecular flexibility index (Phi) is 6.28. The van der Waals surface area contributed by atoms with Crippen LogP contribution < -0.4 is 15.4 Å². The van der Waals surface area contributed by atoms with Gasteiger partial charge in [-0.3, -0.25) is 4.98 Å². The lowest BCUT2D eigenvalue weighted by Gasteiger charge is -2.30. The minimum absolute atomic E-state index is 0.140. The van der Waals surface area contributed by atoms with Gasteiger partial charge in [0.25, 0.3) is 0 Å². The zero-order valence-corrected chi connectivity index (χ0v) is 18.4. The number of ether oxygens (including phenoxy) is 3. The Balaban J connectivity index is 1.09. The molecule has 1 aliphatic carbocycles. The van der Waals surface area contributed by atoms with Gasteiger partial charge in [0.05, 0.1) is 24.9 Å². The van der Waals surface area contributed by atoms with Gasteiger partial charge in [-0.2, -0.15) is 0 Å². The number of rotatable bonds is 5. The Hall–Kier alpha value is -2.64. The summed E-state index contributed by atoms with van der Waals surface area (Å²) < 4.78 is 18.0. The highest BCUT2D eigenvalue weighted by molar-refractivity contribution is 5.74. The van der Waals surface area contributed by atoms with Crippen LogP contribution >= 0.6 is 0 Å². The molecule has 3 aliphatic rings. The number of nitrogens with one attached hydrogen (secondary N) is 2. The van der Waals surface area contributed by atoms with Crippen LogP contribution in [0.4, 0.5) is 4.79 Å². The summed E-state index contributed by atoms with van der Waals surface area (Å²) in [6.07, 6.45) is 5.34. The van der Waals surface area contributed by atoms with Crippen LogP contribution in [0.15, 0.2) is 48.7 Å². The third-order valence-corrected chi connectivity index (χ3v) is 6.89. The van der Waals surface area contributed by atoms with Crippen molar-refractivity contribution in [3.05, 3.63) is 59.9 Å². The number of carbonyl (C=O) groups excluding carboxylic acids is 1. The molecule has 0 unspecified atom stereocenters. The highest BCUT2D eigenvalue weighted by Gasteiger charge is 2.49. The molecule has 2 N–H and O–H groups in total. The van der Waals surface area contributed by atoms with Crippen molar-refractivity contribution in [2.45, 2.75) is 68.9 Å². The maximum atomic E-state index is 12.7. The van der Waals surface area contributed by atoms with E-state index in [0.29, 0.717) is 19.1 Å². The monoisotopic (exact) mass is 437 g/mol. The van der Waals surface area contributed by atoms with Crippen LogP contribution in [0.2, 0.25) is 0 Å². The van der Waals surface area contributed by atoms with Crippen LogP contribution in [0.3, 0.4) is 0 Å². The van der Waals surface area contributed by atoms with E-state index < -0.39 is 0 Å². The van der Waals surface area contributed by atoms with Crippen molar-refractivity contribution in [2.75, 3.05) is 13.2 Å². The first-order valence-electron chi connectivity index (χ1n) is 11.6. The van der Waals surface area contributed by atoms with Gasteiger partial charge in [-0.15, -0.1) is 0 Å². The van der Waals surface area contributed by atoms with Crippen LogP contribution in [-0.4, -0.2) is 54.6 Å². The second-order valence-electron chi connectivity index (χ2n) is 9.02. The number of aryl methyl sites for hydroxylation is 1. The molecule has 170 valence electrons. The standard InChI is InChI=1S/C25H31N3O4/c1-16-21(8-5-13-26-16)32-22-15-31-23-20(14-30-24(22)23)28-25(29)27-19-11-9-18(10-12-19)17-6-3-2-4-7-17/h2-8,13,18-20,22-24H,9-12,14-15H2,1H3,(H2,27,28,29)/t18?,19?,20-,22-,23+,24+/m0/s1. The van der Waals surface area contributed by atoms with Gasteiger partial charge >= 0.3 is 6.03 Å². The number of benzene rings is 1. The summed E-state index contributed by atoms with van der Waals surface area (Å²) in [6.45, 7) is 2.78. The number of nitrogens with zero attached hydrogens (tertiary/aromatic N) is 1. The predicted molar refractivity (Wildman–Crippen MR) is 120 cm³/mol. The maximum Gasteiger partial charge on any atom is 0.315 e. The van der Waals surface area contributed by atoms with Gasteiger partial charge in [0.1, 0.15) is 18.0 Å². The summed E-state index contributed by atoms with van der Waals surface area (Å²) in [5, 5.41) is 6.22. The molecular formula is C25H31N3O4. The van der Waals surface area contributed by atoms with Gasteiger partial charge in [0.2, 0.25) is 0 Å². The molecule has 0 radical (unpaired) electrons. The molecule has 2 saturated heterocycles. The lowest BCUT2D eigenvalue weighted by atomic mass is 9.82. The number of amides is 2. The van der Waals surface area contributed by atoms with E-state index in [2.05, 4.69) is 45.9 Å². The summed E-state index contributed by atoms with van der Waals surface area (Å²) >= 11 is 0. The first-order valence-corrected chi connectivity index (χ1v) is 11.6. The van der Waals surface area contributed by atoms with Crippen molar-refractivity contribution < 1.29 is 19.0 Å². The summed E-state index contributed by atoms with van der Waals surface area (Å²) in [5.74, 6) is 1.33. The van der Waals surface area contributed by atoms with Gasteiger partial charge in [-0.25, -0.2) is 4.79 Å². The van der Waals surface area contributed by atoms with Gasteiger partial charge in [0.15, 0.2) is 6.10 Å². The van der Waals surface area contributed by atoms with Crippen molar-refractivity contribution in [3.8, 4) is 5.75 Å². The van der Waals surface area contributed by atoms with E-state index in [9.17, 15) is 4.79 Å². The van der Waals surface area contributed by atoms with Crippen molar-refractivity contribution in [2.24, 2.45) is 0 Å². The topological polar surface area (TPSA) is 81.7 Å². The molecule has 32 heavy (non-hydrogen) atoms. The number of pyridine rings is 1. The second-order valence-corrected chi connectivity index (χ2v) is 9.02. The lowest BCUT2D eigenvalue weighted by molar-refractivity contribution is 0.0299. The van der Waals surface area contributed by atoms with E-state index in [1.54, 1.807) is 6.20 Å². The van der Waals surface area contributed by atoms with E-state index in [4.69, 9.17) is 14.2 Å². The van der Waals surface area contributed by atoms with Crippen LogP contribution in [0.5, 0.6) is 5.75 Å². The van der Waals surface area contributed by atoms with Crippen LogP contribution in [0, 0.1) is 6.92 Å². The predicted octanol–water partition coefficient (Wildman–Crippen LogP) is 3.33. The van der Waals surface area contributed by atoms with E-state index in [1.165, 1.54) is 5.56 Å². The summed E-state index contributed by atoms with van der Waals surface area (Å²) in [7, 11) is 0. The molecule has 0 bridgehead atoms. The Morgan fingerprint density at radius 2 is 1.75 bits per heavy atom. The van der Waals surface area contributed by atoms with Crippen molar-refractivity contribution in [1.82, 2.24) is 15.6 Å². The number of urea groups is 1. The van der Waals surface area contributed by atoms with E-state index in [-0.39, 0.29) is 36.4 Å². The molecule has 5 rings (SSSR count). The Morgan fingerprint density at radius 3 is 2.53 bits per heavy atom. The Bertz CT molecular complexity index is 916. The highest BCUT2D eigenvalue weighted by atomic mass is 16.6. The average molecular weight is 438 g/mol. The highest BCUT2D eigenvalue weighted by Crippen LogP contribution is 2.33. The molecule has 2 amide bonds. The SMILES string of the molecule is Cc1ncccc1O[C@H]1CO[C@H]2[C@@H]1OC[C@@H]2NC(=O)NC1CCC(c2ccccc2)CC1. The van der Waals surface area contributed by atoms with E-state index >= 15 is 0 Å². The molecule has 0 spiro atoms. The summed E-state index contributed by atoms with van der Waals surface area (Å²) in [5.41, 5.74) is 2.24. The fraction of sp³-hybridized carbons (Fsp3) is 0.520. The zero-order valence-electron chi connectivity index (χ0n) is 18.4. The fourth-order valence-electron chi connectivity index (χ4n) is 5.14. The molecule has 7 heteroatoms. The van der Waals surface area contributed by atoms with Crippen molar-refractivity contribution in [1.29, 1.82) is 0 Å². The molecule has 2 aliphatic heterocycles. The first-order chi connectivity index (χ1) is 15.7. The number of fused-ring (bicyclic) bond motifs is 1. The summed E-state index contributed by atoms with van der Waals surface area (Å²) in [4.78, 5) is 16.9. The number of aromatic nitrogens is 1. The number of carbonyl (C=O) groups is 1. The Morgan fingerprint density at radius 1 is 0.969 bits per heavy atom. The normalized spacial score (nSPS) is 31.7. The average Bonchev–Trinajstić information content (AvgIpc) is 3.40. The van der Waals surface area contributed by atoms with Crippen LogP contribution in [0.1, 0.15) is 42.9 Å². The fourth-order valence-corrected chi connectivity index (χ4v) is 5.14. The van der Waals surface area contributed by atoms with Gasteiger partial charge in [-0.05, 0) is 56.2 Å². The smallest absolute Gasteiger partial charge is 0.315 e. The summed E-state index contributed by atoms with van der Waals surface area (Å²) in [6, 6.07) is 14.3. The molecule has 3 heterocycles. The van der Waals surface area contributed by atoms with Crippen LogP contribution in [0.25, 0.3) is 0 Å². The Labute approximate surface area is 188 Å². The second kappa shape index (κ2) is 9.46. The number of hydrogen-bond acceptors (Lipinski definition) is 5. The first kappa shape index (κ1) is 21.2. The van der Waals surface area contributed by atoms with Crippen molar-refractivity contribution in [3.63, 3.8) is 0 Å². The largest absolute Gasteiger partial charge is 0.483 e. The molecule has 1 aromatic heterocycles. The molecule has 7 nitrogen and oxygen atoms in total. The number of hydrogen-bond donors (Lipinski definition) is 2. The minimum atomic E-state index is -0.203. The maximum absolute atomic E-state index is 12.7. The third-order valence-electron chi connectivity index (χ3n) is 6.89. The lowest BCUT2D eigenvalue weighted by Crippen LogP contribution is -2.51. The quantitative estimate of drug-likeness (QED) is 0.750. The molecule has 1 saturated carbocycles. The molecule has 2 aromatic rings. The molecule has 3 fully saturated rings.